The molecule has 0 spiro atoms. The average molecular weight is 358 g/mol. The van der Waals surface area contributed by atoms with Gasteiger partial charge >= 0.3 is 5.97 Å². The highest BCUT2D eigenvalue weighted by atomic mass is 16.4. The summed E-state index contributed by atoms with van der Waals surface area (Å²) in [5.74, 6) is -0.654. The minimum absolute atomic E-state index is 0.109. The highest BCUT2D eigenvalue weighted by molar-refractivity contribution is 5.95. The van der Waals surface area contributed by atoms with Gasteiger partial charge in [-0.15, -0.1) is 0 Å². The Kier molecular flexibility index (Phi) is 11.0. The maximum Gasteiger partial charge on any atom is 0.303 e. The number of carbonyl (C=O) groups excluding carboxylic acids is 1. The molecule has 1 aliphatic rings. The van der Waals surface area contributed by atoms with Crippen molar-refractivity contribution < 1.29 is 19.8 Å². The lowest BCUT2D eigenvalue weighted by Crippen LogP contribution is -2.13. The van der Waals surface area contributed by atoms with Crippen molar-refractivity contribution in [3.63, 3.8) is 0 Å². The molecule has 2 N–H and O–H groups in total. The zero-order chi connectivity index (χ0) is 19.2. The Morgan fingerprint density at radius 1 is 1.15 bits per heavy atom. The summed E-state index contributed by atoms with van der Waals surface area (Å²) in [6.07, 6.45) is 22.7. The van der Waals surface area contributed by atoms with Gasteiger partial charge in [0.25, 0.3) is 0 Å². The van der Waals surface area contributed by atoms with Crippen molar-refractivity contribution in [2.24, 2.45) is 11.8 Å². The van der Waals surface area contributed by atoms with Gasteiger partial charge in [-0.2, -0.15) is 0 Å². The van der Waals surface area contributed by atoms with E-state index >= 15 is 0 Å². The minimum atomic E-state index is -0.770. The molecule has 0 aromatic carbocycles. The van der Waals surface area contributed by atoms with Gasteiger partial charge in [0.15, 0.2) is 5.78 Å². The van der Waals surface area contributed by atoms with E-state index in [-0.39, 0.29) is 24.0 Å². The van der Waals surface area contributed by atoms with E-state index in [1.165, 1.54) is 0 Å². The van der Waals surface area contributed by atoms with Gasteiger partial charge in [-0.3, -0.25) is 9.59 Å². The Labute approximate surface area is 156 Å². The van der Waals surface area contributed by atoms with Crippen LogP contribution in [0.15, 0.2) is 60.8 Å². The quantitative estimate of drug-likeness (QED) is 0.507. The van der Waals surface area contributed by atoms with Crippen molar-refractivity contribution >= 4 is 11.8 Å². The Morgan fingerprint density at radius 2 is 1.81 bits per heavy atom. The zero-order valence-electron chi connectivity index (χ0n) is 15.5. The van der Waals surface area contributed by atoms with Crippen LogP contribution in [0.2, 0.25) is 0 Å². The van der Waals surface area contributed by atoms with E-state index in [2.05, 4.69) is 24.3 Å². The largest absolute Gasteiger partial charge is 0.481 e. The number of rotatable bonds is 12. The number of aliphatic carboxylic acids is 1. The molecule has 0 heterocycles. The number of hydrogen-bond donors (Lipinski definition) is 2. The molecule has 0 radical (unpaired) electrons. The van der Waals surface area contributed by atoms with Crippen LogP contribution < -0.4 is 0 Å². The molecule has 3 atom stereocenters. The number of carboxylic acid groups (broad SMARTS) is 1. The van der Waals surface area contributed by atoms with Gasteiger partial charge in [-0.05, 0) is 44.1 Å². The molecule has 0 bridgehead atoms. The SMILES string of the molecule is CC[C@H](O)/C=C/[C@@H]1C(=O)C=C[C@H]1C/C=C\C/C=C\C/C=C\CCC(=O)O. The second-order valence-electron chi connectivity index (χ2n) is 6.37. The van der Waals surface area contributed by atoms with E-state index < -0.39 is 12.1 Å². The molecule has 4 heteroatoms. The fraction of sp³-hybridized carbons (Fsp3) is 0.455. The second kappa shape index (κ2) is 13.1. The summed E-state index contributed by atoms with van der Waals surface area (Å²) in [4.78, 5) is 22.3. The molecular formula is C22H30O4. The van der Waals surface area contributed by atoms with Crippen molar-refractivity contribution in [2.75, 3.05) is 0 Å². The number of hydrogen-bond acceptors (Lipinski definition) is 3. The minimum Gasteiger partial charge on any atom is -0.481 e. The molecular weight excluding hydrogens is 328 g/mol. The Bertz CT molecular complexity index is 581. The maximum atomic E-state index is 11.9. The summed E-state index contributed by atoms with van der Waals surface area (Å²) >= 11 is 0. The molecule has 26 heavy (non-hydrogen) atoms. The number of aliphatic hydroxyl groups excluding tert-OH is 1. The van der Waals surface area contributed by atoms with Gasteiger partial charge in [-0.25, -0.2) is 0 Å². The summed E-state index contributed by atoms with van der Waals surface area (Å²) in [6, 6.07) is 0. The lowest BCUT2D eigenvalue weighted by atomic mass is 9.91. The second-order valence-corrected chi connectivity index (χ2v) is 6.37. The number of aliphatic hydroxyl groups is 1. The molecule has 1 aliphatic carbocycles. The summed E-state index contributed by atoms with van der Waals surface area (Å²) in [5, 5.41) is 18.1. The standard InChI is InChI=1S/C22H30O4/c1-2-19(23)15-16-20-18(14-17-21(20)24)12-10-8-6-4-3-5-7-9-11-13-22(25)26/h3-4,7-10,14-20,23H,2,5-6,11-13H2,1H3,(H,25,26)/b4-3-,9-7-,10-8-,16-15+/t18-,19+,20+/m1/s1. The van der Waals surface area contributed by atoms with E-state index in [4.69, 9.17) is 5.11 Å². The van der Waals surface area contributed by atoms with Crippen molar-refractivity contribution in [1.82, 2.24) is 0 Å². The fourth-order valence-corrected chi connectivity index (χ4v) is 2.63. The van der Waals surface area contributed by atoms with Gasteiger partial charge < -0.3 is 10.2 Å². The highest BCUT2D eigenvalue weighted by Crippen LogP contribution is 2.27. The van der Waals surface area contributed by atoms with Crippen molar-refractivity contribution in [1.29, 1.82) is 0 Å². The van der Waals surface area contributed by atoms with Crippen LogP contribution in [0.1, 0.15) is 45.4 Å². The third-order valence-corrected chi connectivity index (χ3v) is 4.23. The topological polar surface area (TPSA) is 74.6 Å². The number of allylic oxidation sites excluding steroid dienone is 9. The van der Waals surface area contributed by atoms with Crippen LogP contribution in [0.4, 0.5) is 0 Å². The molecule has 0 unspecified atom stereocenters. The van der Waals surface area contributed by atoms with Gasteiger partial charge in [0.1, 0.15) is 0 Å². The first kappa shape index (κ1) is 21.8. The zero-order valence-corrected chi connectivity index (χ0v) is 15.5. The molecule has 0 aromatic rings. The monoisotopic (exact) mass is 358 g/mol. The van der Waals surface area contributed by atoms with Crippen LogP contribution in [0.5, 0.6) is 0 Å². The van der Waals surface area contributed by atoms with Crippen LogP contribution >= 0.6 is 0 Å². The number of carboxylic acids is 1. The Hall–Kier alpha value is -2.20. The molecule has 0 saturated heterocycles. The molecule has 142 valence electrons. The molecule has 0 fully saturated rings. The van der Waals surface area contributed by atoms with Crippen LogP contribution in [-0.4, -0.2) is 28.1 Å². The normalized spacial score (nSPS) is 21.8. The lowest BCUT2D eigenvalue weighted by molar-refractivity contribution is -0.136. The molecule has 0 aliphatic heterocycles. The molecule has 0 saturated carbocycles. The van der Waals surface area contributed by atoms with Gasteiger partial charge in [0, 0.05) is 12.3 Å². The van der Waals surface area contributed by atoms with E-state index in [0.717, 1.165) is 19.3 Å². The Balaban J connectivity index is 2.27. The van der Waals surface area contributed by atoms with E-state index in [1.807, 2.05) is 31.2 Å². The molecule has 0 amide bonds. The summed E-state index contributed by atoms with van der Waals surface area (Å²) in [6.45, 7) is 1.91. The van der Waals surface area contributed by atoms with Crippen molar-refractivity contribution in [3.8, 4) is 0 Å². The third kappa shape index (κ3) is 9.33. The van der Waals surface area contributed by atoms with Gasteiger partial charge in [-0.1, -0.05) is 61.6 Å². The van der Waals surface area contributed by atoms with E-state index in [9.17, 15) is 14.7 Å². The lowest BCUT2D eigenvalue weighted by Gasteiger charge is -2.13. The summed E-state index contributed by atoms with van der Waals surface area (Å²) < 4.78 is 0. The number of ketones is 1. The smallest absolute Gasteiger partial charge is 0.303 e. The van der Waals surface area contributed by atoms with Gasteiger partial charge in [0.05, 0.1) is 6.10 Å². The van der Waals surface area contributed by atoms with Gasteiger partial charge in [0.2, 0.25) is 0 Å². The first-order chi connectivity index (χ1) is 12.5. The van der Waals surface area contributed by atoms with Crippen LogP contribution in [0, 0.1) is 11.8 Å². The maximum absolute atomic E-state index is 11.9. The predicted octanol–water partition coefficient (Wildman–Crippen LogP) is 4.39. The molecule has 1 rings (SSSR count). The first-order valence-electron chi connectivity index (χ1n) is 9.29. The highest BCUT2D eigenvalue weighted by Gasteiger charge is 2.26. The van der Waals surface area contributed by atoms with Crippen LogP contribution in [0.25, 0.3) is 0 Å². The fourth-order valence-electron chi connectivity index (χ4n) is 2.63. The molecule has 4 nitrogen and oxygen atoms in total. The summed E-state index contributed by atoms with van der Waals surface area (Å²) in [5.41, 5.74) is 0. The van der Waals surface area contributed by atoms with Crippen molar-refractivity contribution in [2.45, 2.75) is 51.6 Å². The Morgan fingerprint density at radius 3 is 2.46 bits per heavy atom. The summed E-state index contributed by atoms with van der Waals surface area (Å²) in [7, 11) is 0. The van der Waals surface area contributed by atoms with E-state index in [1.54, 1.807) is 12.2 Å². The van der Waals surface area contributed by atoms with Crippen LogP contribution in [0.3, 0.4) is 0 Å². The van der Waals surface area contributed by atoms with E-state index in [0.29, 0.717) is 12.8 Å². The first-order valence-corrected chi connectivity index (χ1v) is 9.29. The molecule has 0 aromatic heterocycles. The third-order valence-electron chi connectivity index (χ3n) is 4.23. The van der Waals surface area contributed by atoms with Crippen molar-refractivity contribution in [3.05, 3.63) is 60.8 Å². The predicted molar refractivity (Wildman–Crippen MR) is 105 cm³/mol. The average Bonchev–Trinajstić information content (AvgIpc) is 2.97. The number of carbonyl (C=O) groups is 2. The van der Waals surface area contributed by atoms with Crippen LogP contribution in [-0.2, 0) is 9.59 Å².